The van der Waals surface area contributed by atoms with Gasteiger partial charge in [0.1, 0.15) is 0 Å². The monoisotopic (exact) mass is 298 g/mol. The number of hydrogen-bond donors (Lipinski definition) is 0. The molecule has 2 fully saturated rings. The number of fused-ring (bicyclic) bond motifs is 1. The van der Waals surface area contributed by atoms with Gasteiger partial charge in [0.2, 0.25) is 0 Å². The lowest BCUT2D eigenvalue weighted by atomic mass is 9.78. The molecule has 22 heavy (non-hydrogen) atoms. The number of hydrogen-bond acceptors (Lipinski definition) is 2. The zero-order valence-corrected chi connectivity index (χ0v) is 14.2. The van der Waals surface area contributed by atoms with Crippen molar-refractivity contribution in [3.8, 4) is 0 Å². The average Bonchev–Trinajstić information content (AvgIpc) is 2.55. The van der Waals surface area contributed by atoms with Crippen molar-refractivity contribution in [2.24, 2.45) is 5.92 Å². The van der Waals surface area contributed by atoms with E-state index in [-0.39, 0.29) is 0 Å². The number of nitrogens with zero attached hydrogens (tertiary/aromatic N) is 2. The molecule has 0 unspecified atom stereocenters. The van der Waals surface area contributed by atoms with Gasteiger partial charge in [-0.05, 0) is 55.8 Å². The highest BCUT2D eigenvalue weighted by molar-refractivity contribution is 5.55. The predicted molar refractivity (Wildman–Crippen MR) is 96.4 cm³/mol. The summed E-state index contributed by atoms with van der Waals surface area (Å²) in [5.74, 6) is 0.982. The number of likely N-dealkylation sites (tertiary alicyclic amines) is 1. The largest absolute Gasteiger partial charge is 0.378 e. The normalized spacial score (nSPS) is 26.1. The Morgan fingerprint density at radius 3 is 2.55 bits per heavy atom. The van der Waals surface area contributed by atoms with Crippen LogP contribution in [0, 0.1) is 5.92 Å². The van der Waals surface area contributed by atoms with Crippen molar-refractivity contribution in [3.05, 3.63) is 35.9 Å². The van der Waals surface area contributed by atoms with Crippen molar-refractivity contribution >= 4 is 11.8 Å². The first-order valence-corrected chi connectivity index (χ1v) is 8.92. The molecule has 0 amide bonds. The van der Waals surface area contributed by atoms with Gasteiger partial charge in [-0.15, -0.1) is 0 Å². The van der Waals surface area contributed by atoms with E-state index in [9.17, 15) is 0 Å². The van der Waals surface area contributed by atoms with E-state index < -0.39 is 0 Å². The van der Waals surface area contributed by atoms with Crippen molar-refractivity contribution < 1.29 is 0 Å². The molecular weight excluding hydrogens is 268 g/mol. The fourth-order valence-electron chi connectivity index (χ4n) is 4.16. The summed E-state index contributed by atoms with van der Waals surface area (Å²) in [7, 11) is 4.17. The van der Waals surface area contributed by atoms with Crippen LogP contribution in [0.3, 0.4) is 0 Å². The van der Waals surface area contributed by atoms with E-state index in [0.29, 0.717) is 0 Å². The minimum atomic E-state index is 0.864. The molecular formula is C20H30N2. The summed E-state index contributed by atoms with van der Waals surface area (Å²) in [5.41, 5.74) is 2.57. The molecule has 3 rings (SSSR count). The van der Waals surface area contributed by atoms with E-state index >= 15 is 0 Å². The lowest BCUT2D eigenvalue weighted by Crippen LogP contribution is -2.46. The second-order valence-corrected chi connectivity index (χ2v) is 7.14. The molecule has 1 aliphatic carbocycles. The Kier molecular flexibility index (Phi) is 5.20. The van der Waals surface area contributed by atoms with Crippen LogP contribution in [0.1, 0.15) is 44.1 Å². The van der Waals surface area contributed by atoms with Gasteiger partial charge in [-0.1, -0.05) is 37.1 Å². The number of benzene rings is 1. The molecule has 0 spiro atoms. The maximum absolute atomic E-state index is 2.73. The molecule has 120 valence electrons. The smallest absolute Gasteiger partial charge is 0.0361 e. The molecule has 1 aromatic carbocycles. The Balaban J connectivity index is 1.56. The van der Waals surface area contributed by atoms with Gasteiger partial charge in [0.25, 0.3) is 0 Å². The second kappa shape index (κ2) is 7.32. The maximum Gasteiger partial charge on any atom is 0.0361 e. The third kappa shape index (κ3) is 3.73. The van der Waals surface area contributed by atoms with Gasteiger partial charge in [-0.2, -0.15) is 0 Å². The number of piperidine rings is 1. The van der Waals surface area contributed by atoms with Crippen LogP contribution in [-0.2, 0) is 0 Å². The van der Waals surface area contributed by atoms with Gasteiger partial charge in [0.15, 0.2) is 0 Å². The molecule has 1 saturated carbocycles. The fraction of sp³-hybridized carbons (Fsp3) is 0.600. The Hall–Kier alpha value is -1.28. The minimum absolute atomic E-state index is 0.864. The molecule has 2 heteroatoms. The van der Waals surface area contributed by atoms with Crippen molar-refractivity contribution in [3.63, 3.8) is 0 Å². The Bertz CT molecular complexity index is 487. The van der Waals surface area contributed by atoms with Gasteiger partial charge in [-0.25, -0.2) is 0 Å². The molecule has 0 aromatic heterocycles. The average molecular weight is 298 g/mol. The van der Waals surface area contributed by atoms with Gasteiger partial charge in [-0.3, -0.25) is 4.90 Å². The quantitative estimate of drug-likeness (QED) is 0.812. The topological polar surface area (TPSA) is 6.48 Å². The van der Waals surface area contributed by atoms with Crippen LogP contribution in [0.25, 0.3) is 6.08 Å². The van der Waals surface area contributed by atoms with E-state index in [0.717, 1.165) is 18.5 Å². The zero-order valence-electron chi connectivity index (χ0n) is 14.2. The van der Waals surface area contributed by atoms with Gasteiger partial charge < -0.3 is 4.90 Å². The zero-order chi connectivity index (χ0) is 15.4. The van der Waals surface area contributed by atoms with Crippen molar-refractivity contribution in [1.82, 2.24) is 4.90 Å². The van der Waals surface area contributed by atoms with Gasteiger partial charge >= 0.3 is 0 Å². The van der Waals surface area contributed by atoms with Crippen LogP contribution >= 0.6 is 0 Å². The molecule has 0 N–H and O–H groups in total. The van der Waals surface area contributed by atoms with E-state index in [1.165, 1.54) is 56.3 Å². The van der Waals surface area contributed by atoms with Gasteiger partial charge in [0.05, 0.1) is 0 Å². The Labute approximate surface area is 135 Å². The Morgan fingerprint density at radius 2 is 1.77 bits per heavy atom. The molecule has 2 aliphatic rings. The minimum Gasteiger partial charge on any atom is -0.378 e. The first-order chi connectivity index (χ1) is 10.7. The second-order valence-electron chi connectivity index (χ2n) is 7.14. The summed E-state index contributed by atoms with van der Waals surface area (Å²) in [4.78, 5) is 4.88. The molecule has 1 heterocycles. The summed E-state index contributed by atoms with van der Waals surface area (Å²) < 4.78 is 0. The number of anilines is 1. The van der Waals surface area contributed by atoms with Gasteiger partial charge in [0, 0.05) is 32.4 Å². The van der Waals surface area contributed by atoms with Crippen LogP contribution in [0.4, 0.5) is 5.69 Å². The summed E-state index contributed by atoms with van der Waals surface area (Å²) >= 11 is 0. The van der Waals surface area contributed by atoms with E-state index in [1.54, 1.807) is 0 Å². The van der Waals surface area contributed by atoms with Crippen LogP contribution in [-0.4, -0.2) is 38.1 Å². The Morgan fingerprint density at radius 1 is 1.05 bits per heavy atom. The first kappa shape index (κ1) is 15.6. The number of rotatable bonds is 4. The standard InChI is InChI=1S/C20H30N2/c1-21(2)19-13-11-17(12-14-19)7-5-15-22-16-6-9-18-8-3-4-10-20(18)22/h5,7,11-14,18,20H,3-4,6,8-10,15-16H2,1-2H3/b7-5+/t18-,20-/m0/s1. The lowest BCUT2D eigenvalue weighted by Gasteiger charge is -2.43. The fourth-order valence-corrected chi connectivity index (χ4v) is 4.16. The molecule has 2 nitrogen and oxygen atoms in total. The van der Waals surface area contributed by atoms with Crippen LogP contribution in [0.5, 0.6) is 0 Å². The molecule has 0 radical (unpaired) electrons. The van der Waals surface area contributed by atoms with E-state index in [1.807, 2.05) is 0 Å². The first-order valence-electron chi connectivity index (χ1n) is 8.92. The highest BCUT2D eigenvalue weighted by atomic mass is 15.2. The third-order valence-corrected chi connectivity index (χ3v) is 5.42. The maximum atomic E-state index is 2.73. The van der Waals surface area contributed by atoms with E-state index in [4.69, 9.17) is 0 Å². The predicted octanol–water partition coefficient (Wildman–Crippen LogP) is 4.42. The molecule has 1 saturated heterocycles. The summed E-state index contributed by atoms with van der Waals surface area (Å²) in [6, 6.07) is 9.68. The van der Waals surface area contributed by atoms with Crippen LogP contribution < -0.4 is 4.90 Å². The van der Waals surface area contributed by atoms with Crippen molar-refractivity contribution in [2.75, 3.05) is 32.1 Å². The molecule has 1 aliphatic heterocycles. The lowest BCUT2D eigenvalue weighted by molar-refractivity contribution is 0.0713. The summed E-state index contributed by atoms with van der Waals surface area (Å²) in [5, 5.41) is 0. The summed E-state index contributed by atoms with van der Waals surface area (Å²) in [6.45, 7) is 2.42. The third-order valence-electron chi connectivity index (χ3n) is 5.42. The van der Waals surface area contributed by atoms with Crippen LogP contribution in [0.2, 0.25) is 0 Å². The summed E-state index contributed by atoms with van der Waals surface area (Å²) in [6.07, 6.45) is 13.3. The molecule has 0 bridgehead atoms. The van der Waals surface area contributed by atoms with Crippen molar-refractivity contribution in [2.45, 2.75) is 44.6 Å². The molecule has 2 atom stereocenters. The highest BCUT2D eigenvalue weighted by Gasteiger charge is 2.32. The highest BCUT2D eigenvalue weighted by Crippen LogP contribution is 2.35. The van der Waals surface area contributed by atoms with E-state index in [2.05, 4.69) is 60.3 Å². The SMILES string of the molecule is CN(C)c1ccc(/C=C/CN2CCC[C@@H]3CCCC[C@@H]32)cc1. The molecule has 1 aromatic rings. The van der Waals surface area contributed by atoms with Crippen LogP contribution in [0.15, 0.2) is 30.3 Å². The van der Waals surface area contributed by atoms with Crippen molar-refractivity contribution in [1.29, 1.82) is 0 Å².